The Morgan fingerprint density at radius 1 is 1.07 bits per heavy atom. The van der Waals surface area contributed by atoms with E-state index in [2.05, 4.69) is 82.9 Å². The second kappa shape index (κ2) is 8.46. The number of hydrogen-bond acceptors (Lipinski definition) is 5. The number of rotatable bonds is 6. The van der Waals surface area contributed by atoms with Crippen molar-refractivity contribution in [2.24, 2.45) is 5.92 Å². The maximum absolute atomic E-state index is 4.51. The lowest BCUT2D eigenvalue weighted by Gasteiger charge is -2.26. The first kappa shape index (κ1) is 19.8. The van der Waals surface area contributed by atoms with E-state index < -0.39 is 0 Å². The third kappa shape index (κ3) is 4.56. The van der Waals surface area contributed by atoms with Crippen LogP contribution >= 0.6 is 0 Å². The highest BCUT2D eigenvalue weighted by atomic mass is 15.2. The van der Waals surface area contributed by atoms with E-state index in [0.29, 0.717) is 6.04 Å². The summed E-state index contributed by atoms with van der Waals surface area (Å²) < 4.78 is 0. The molecule has 1 aliphatic rings. The number of nitrogens with zero attached hydrogens (tertiary/aromatic N) is 5. The van der Waals surface area contributed by atoms with Crippen LogP contribution in [0.15, 0.2) is 42.7 Å². The first-order valence-corrected chi connectivity index (χ1v) is 10.6. The van der Waals surface area contributed by atoms with Crippen LogP contribution in [0.5, 0.6) is 0 Å². The third-order valence-corrected chi connectivity index (χ3v) is 6.24. The smallest absolute Gasteiger partial charge is 0.0890 e. The summed E-state index contributed by atoms with van der Waals surface area (Å²) in [4.78, 5) is 18.3. The molecule has 2 aromatic heterocycles. The van der Waals surface area contributed by atoms with Crippen LogP contribution in [0.25, 0.3) is 11.0 Å². The van der Waals surface area contributed by atoms with Crippen molar-refractivity contribution in [1.82, 2.24) is 19.9 Å². The summed E-state index contributed by atoms with van der Waals surface area (Å²) >= 11 is 0. The van der Waals surface area contributed by atoms with Gasteiger partial charge < -0.3 is 4.90 Å². The molecule has 0 N–H and O–H groups in total. The second-order valence-corrected chi connectivity index (χ2v) is 8.46. The summed E-state index contributed by atoms with van der Waals surface area (Å²) in [5.74, 6) is 0.751. The fraction of sp³-hybridized carbons (Fsp3) is 0.458. The Morgan fingerprint density at radius 3 is 2.55 bits per heavy atom. The molecule has 4 rings (SSSR count). The zero-order valence-corrected chi connectivity index (χ0v) is 18.0. The minimum Gasteiger partial charge on any atom is -0.371 e. The molecular formula is C24H31N5. The maximum atomic E-state index is 4.51. The summed E-state index contributed by atoms with van der Waals surface area (Å²) in [6, 6.07) is 11.2. The van der Waals surface area contributed by atoms with E-state index in [1.807, 2.05) is 0 Å². The topological polar surface area (TPSA) is 45.2 Å². The Kier molecular flexibility index (Phi) is 5.76. The van der Waals surface area contributed by atoms with Gasteiger partial charge in [0, 0.05) is 48.6 Å². The van der Waals surface area contributed by atoms with Crippen LogP contribution in [0.1, 0.15) is 42.8 Å². The van der Waals surface area contributed by atoms with Gasteiger partial charge >= 0.3 is 0 Å². The van der Waals surface area contributed by atoms with Crippen LogP contribution in [0.4, 0.5) is 5.69 Å². The SMILES string of the molecule is Cc1cc(N2CCC(CCN(C)C(C)c3ccc4nccnc4c3)C2)cc(C)n1. The van der Waals surface area contributed by atoms with Crippen molar-refractivity contribution in [3.05, 3.63) is 59.7 Å². The van der Waals surface area contributed by atoms with Gasteiger partial charge in [0.2, 0.25) is 0 Å². The first-order valence-electron chi connectivity index (χ1n) is 10.6. The van der Waals surface area contributed by atoms with Crippen LogP contribution in [0, 0.1) is 19.8 Å². The van der Waals surface area contributed by atoms with Crippen molar-refractivity contribution < 1.29 is 0 Å². The minimum atomic E-state index is 0.365. The molecule has 0 amide bonds. The normalized spacial score (nSPS) is 18.0. The lowest BCUT2D eigenvalue weighted by atomic mass is 10.0. The zero-order chi connectivity index (χ0) is 20.4. The van der Waals surface area contributed by atoms with Gasteiger partial charge in [-0.3, -0.25) is 19.9 Å². The Hall–Kier alpha value is -2.53. The molecule has 1 aliphatic heterocycles. The molecule has 2 atom stereocenters. The lowest BCUT2D eigenvalue weighted by molar-refractivity contribution is 0.243. The van der Waals surface area contributed by atoms with Crippen molar-refractivity contribution in [2.75, 3.05) is 31.6 Å². The number of aryl methyl sites for hydroxylation is 2. The predicted octanol–water partition coefficient (Wildman–Crippen LogP) is 4.55. The van der Waals surface area contributed by atoms with E-state index in [-0.39, 0.29) is 0 Å². The molecule has 29 heavy (non-hydrogen) atoms. The summed E-state index contributed by atoms with van der Waals surface area (Å²) in [5.41, 5.74) is 6.78. The molecule has 1 aromatic carbocycles. The van der Waals surface area contributed by atoms with Crippen molar-refractivity contribution in [3.8, 4) is 0 Å². The molecule has 5 nitrogen and oxygen atoms in total. The fourth-order valence-electron chi connectivity index (χ4n) is 4.37. The van der Waals surface area contributed by atoms with Crippen LogP contribution in [0.2, 0.25) is 0 Å². The van der Waals surface area contributed by atoms with Crippen LogP contribution < -0.4 is 4.90 Å². The average Bonchev–Trinajstić information content (AvgIpc) is 3.19. The summed E-state index contributed by atoms with van der Waals surface area (Å²) in [6.45, 7) is 9.85. The number of pyridine rings is 1. The van der Waals surface area contributed by atoms with Crippen LogP contribution in [-0.2, 0) is 0 Å². The highest BCUT2D eigenvalue weighted by Crippen LogP contribution is 2.28. The van der Waals surface area contributed by atoms with E-state index >= 15 is 0 Å². The molecular weight excluding hydrogens is 358 g/mol. The van der Waals surface area contributed by atoms with Gasteiger partial charge in [0.1, 0.15) is 0 Å². The molecule has 152 valence electrons. The van der Waals surface area contributed by atoms with E-state index in [1.165, 1.54) is 24.1 Å². The van der Waals surface area contributed by atoms with E-state index in [9.17, 15) is 0 Å². The standard InChI is InChI=1S/C24H31N5/c1-17-13-22(14-18(2)27-17)29-12-8-20(16-29)7-11-28(4)19(3)21-5-6-23-24(15-21)26-10-9-25-23/h5-6,9-10,13-15,19-20H,7-8,11-12,16H2,1-4H3. The molecule has 3 aromatic rings. The van der Waals surface area contributed by atoms with Crippen molar-refractivity contribution >= 4 is 16.7 Å². The lowest BCUT2D eigenvalue weighted by Crippen LogP contribution is -2.26. The molecule has 0 saturated carbocycles. The third-order valence-electron chi connectivity index (χ3n) is 6.24. The maximum Gasteiger partial charge on any atom is 0.0890 e. The number of benzene rings is 1. The van der Waals surface area contributed by atoms with E-state index in [1.54, 1.807) is 12.4 Å². The molecule has 5 heteroatoms. The van der Waals surface area contributed by atoms with Gasteiger partial charge in [-0.15, -0.1) is 0 Å². The average molecular weight is 390 g/mol. The molecule has 0 radical (unpaired) electrons. The second-order valence-electron chi connectivity index (χ2n) is 8.46. The van der Waals surface area contributed by atoms with Gasteiger partial charge in [0.05, 0.1) is 11.0 Å². The van der Waals surface area contributed by atoms with Gasteiger partial charge in [-0.1, -0.05) is 6.07 Å². The van der Waals surface area contributed by atoms with Crippen molar-refractivity contribution in [1.29, 1.82) is 0 Å². The highest BCUT2D eigenvalue weighted by molar-refractivity contribution is 5.74. The minimum absolute atomic E-state index is 0.365. The Labute approximate surface area is 173 Å². The highest BCUT2D eigenvalue weighted by Gasteiger charge is 2.24. The number of anilines is 1. The van der Waals surface area contributed by atoms with Gasteiger partial charge in [-0.2, -0.15) is 0 Å². The molecule has 1 saturated heterocycles. The van der Waals surface area contributed by atoms with Crippen molar-refractivity contribution in [2.45, 2.75) is 39.7 Å². The first-order chi connectivity index (χ1) is 14.0. The molecule has 2 unspecified atom stereocenters. The quantitative estimate of drug-likeness (QED) is 0.619. The van der Waals surface area contributed by atoms with Crippen molar-refractivity contribution in [3.63, 3.8) is 0 Å². The van der Waals surface area contributed by atoms with Crippen LogP contribution in [0.3, 0.4) is 0 Å². The van der Waals surface area contributed by atoms with Gasteiger partial charge in [0.15, 0.2) is 0 Å². The molecule has 0 bridgehead atoms. The van der Waals surface area contributed by atoms with Gasteiger partial charge in [-0.05, 0) is 83.0 Å². The number of fused-ring (bicyclic) bond motifs is 1. The zero-order valence-electron chi connectivity index (χ0n) is 18.0. The van der Waals surface area contributed by atoms with Gasteiger partial charge in [0.25, 0.3) is 0 Å². The van der Waals surface area contributed by atoms with E-state index in [4.69, 9.17) is 0 Å². The molecule has 0 spiro atoms. The molecule has 1 fully saturated rings. The number of hydrogen-bond donors (Lipinski definition) is 0. The summed E-state index contributed by atoms with van der Waals surface area (Å²) in [7, 11) is 2.23. The Bertz CT molecular complexity index is 966. The Balaban J connectivity index is 1.33. The summed E-state index contributed by atoms with van der Waals surface area (Å²) in [6.07, 6.45) is 6.01. The number of aromatic nitrogens is 3. The summed E-state index contributed by atoms with van der Waals surface area (Å²) in [5, 5.41) is 0. The fourth-order valence-corrected chi connectivity index (χ4v) is 4.37. The molecule has 0 aliphatic carbocycles. The predicted molar refractivity (Wildman–Crippen MR) is 119 cm³/mol. The largest absolute Gasteiger partial charge is 0.371 e. The van der Waals surface area contributed by atoms with Crippen LogP contribution in [-0.4, -0.2) is 46.5 Å². The molecule has 3 heterocycles. The van der Waals surface area contributed by atoms with E-state index in [0.717, 1.165) is 48.0 Å². The van der Waals surface area contributed by atoms with Gasteiger partial charge in [-0.25, -0.2) is 0 Å². The Morgan fingerprint density at radius 2 is 1.79 bits per heavy atom. The monoisotopic (exact) mass is 389 g/mol.